The highest BCUT2D eigenvalue weighted by Crippen LogP contribution is 2.39. The van der Waals surface area contributed by atoms with E-state index in [-0.39, 0.29) is 5.57 Å². The van der Waals surface area contributed by atoms with Crippen molar-refractivity contribution >= 4 is 34.2 Å². The summed E-state index contributed by atoms with van der Waals surface area (Å²) in [5.74, 6) is 0.00278. The molecule has 2 amide bonds. The van der Waals surface area contributed by atoms with Gasteiger partial charge in [0.15, 0.2) is 0 Å². The van der Waals surface area contributed by atoms with Gasteiger partial charge in [-0.25, -0.2) is 0 Å². The Balaban J connectivity index is 1.89. The molecule has 0 bridgehead atoms. The lowest BCUT2D eigenvalue weighted by molar-refractivity contribution is -0.112. The molecule has 0 saturated carbocycles. The van der Waals surface area contributed by atoms with Crippen molar-refractivity contribution < 1.29 is 14.3 Å². The first-order valence-corrected chi connectivity index (χ1v) is 10.9. The molecule has 1 atom stereocenters. The maximum atomic E-state index is 12.8. The number of carbonyl (C=O) groups is 2. The van der Waals surface area contributed by atoms with Gasteiger partial charge >= 0.3 is 0 Å². The van der Waals surface area contributed by atoms with Crippen molar-refractivity contribution in [3.05, 3.63) is 51.4 Å². The number of nitrogens with zero attached hydrogens (tertiary/aromatic N) is 1. The molecule has 0 aliphatic heterocycles. The van der Waals surface area contributed by atoms with Crippen molar-refractivity contribution in [3.8, 4) is 11.8 Å². The molecular formula is C23H25N3O3S. The van der Waals surface area contributed by atoms with Gasteiger partial charge in [0.25, 0.3) is 11.8 Å². The molecule has 30 heavy (non-hydrogen) atoms. The van der Waals surface area contributed by atoms with Gasteiger partial charge in [-0.05, 0) is 49.3 Å². The molecule has 2 aromatic rings. The van der Waals surface area contributed by atoms with Crippen molar-refractivity contribution in [3.63, 3.8) is 0 Å². The quantitative estimate of drug-likeness (QED) is 0.511. The molecule has 1 aromatic carbocycles. The van der Waals surface area contributed by atoms with E-state index in [1.165, 1.54) is 17.4 Å². The van der Waals surface area contributed by atoms with Crippen molar-refractivity contribution in [2.45, 2.75) is 39.5 Å². The van der Waals surface area contributed by atoms with Crippen molar-refractivity contribution in [2.24, 2.45) is 11.7 Å². The summed E-state index contributed by atoms with van der Waals surface area (Å²) in [6.45, 7) is 4.71. The molecule has 0 saturated heterocycles. The van der Waals surface area contributed by atoms with E-state index in [0.717, 1.165) is 36.1 Å². The number of benzene rings is 1. The Labute approximate surface area is 180 Å². The molecule has 1 aliphatic carbocycles. The Morgan fingerprint density at radius 2 is 2.17 bits per heavy atom. The number of hydrogen-bond acceptors (Lipinski definition) is 5. The second-order valence-electron chi connectivity index (χ2n) is 7.43. The van der Waals surface area contributed by atoms with E-state index < -0.39 is 11.8 Å². The minimum atomic E-state index is -0.572. The lowest BCUT2D eigenvalue weighted by Crippen LogP contribution is -2.19. The van der Waals surface area contributed by atoms with Crippen molar-refractivity contribution in [1.82, 2.24) is 0 Å². The zero-order chi connectivity index (χ0) is 21.7. The van der Waals surface area contributed by atoms with Gasteiger partial charge in [-0.1, -0.05) is 32.0 Å². The summed E-state index contributed by atoms with van der Waals surface area (Å²) < 4.78 is 5.70. The summed E-state index contributed by atoms with van der Waals surface area (Å²) in [5.41, 5.74) is 7.49. The SMILES string of the molecule is CCCOc1ccccc1/C=C(\C#N)C(=O)Nc1sc2c(c1C(N)=O)CCC(C)C2. The van der Waals surface area contributed by atoms with E-state index in [4.69, 9.17) is 10.5 Å². The number of fused-ring (bicyclic) bond motifs is 1. The van der Waals surface area contributed by atoms with Crippen LogP contribution in [0.3, 0.4) is 0 Å². The van der Waals surface area contributed by atoms with Gasteiger partial charge in [-0.3, -0.25) is 9.59 Å². The minimum absolute atomic E-state index is 0.0716. The van der Waals surface area contributed by atoms with Gasteiger partial charge in [0.1, 0.15) is 22.4 Å². The van der Waals surface area contributed by atoms with E-state index >= 15 is 0 Å². The zero-order valence-electron chi connectivity index (χ0n) is 17.2. The summed E-state index contributed by atoms with van der Waals surface area (Å²) >= 11 is 1.38. The van der Waals surface area contributed by atoms with Crippen LogP contribution in [0.2, 0.25) is 0 Å². The first-order chi connectivity index (χ1) is 14.4. The van der Waals surface area contributed by atoms with Crippen LogP contribution >= 0.6 is 11.3 Å². The summed E-state index contributed by atoms with van der Waals surface area (Å²) in [5, 5.41) is 12.7. The molecular weight excluding hydrogens is 398 g/mol. The van der Waals surface area contributed by atoms with Gasteiger partial charge < -0.3 is 15.8 Å². The maximum absolute atomic E-state index is 12.8. The number of nitrogens with two attached hydrogens (primary N) is 1. The number of carbonyl (C=O) groups excluding carboxylic acids is 2. The molecule has 156 valence electrons. The lowest BCUT2D eigenvalue weighted by atomic mass is 9.88. The second-order valence-corrected chi connectivity index (χ2v) is 8.54. The number of hydrogen-bond donors (Lipinski definition) is 2. The molecule has 0 radical (unpaired) electrons. The van der Waals surface area contributed by atoms with Gasteiger partial charge in [0.05, 0.1) is 12.2 Å². The molecule has 3 N–H and O–H groups in total. The molecule has 0 spiro atoms. The third-order valence-corrected chi connectivity index (χ3v) is 6.20. The highest BCUT2D eigenvalue weighted by molar-refractivity contribution is 7.17. The fourth-order valence-corrected chi connectivity index (χ4v) is 4.93. The smallest absolute Gasteiger partial charge is 0.266 e. The number of ether oxygens (including phenoxy) is 1. The molecule has 7 heteroatoms. The Bertz CT molecular complexity index is 1030. The number of nitrogens with one attached hydrogen (secondary N) is 1. The Kier molecular flexibility index (Phi) is 6.91. The van der Waals surface area contributed by atoms with Crippen LogP contribution in [-0.4, -0.2) is 18.4 Å². The van der Waals surface area contributed by atoms with E-state index in [2.05, 4.69) is 12.2 Å². The maximum Gasteiger partial charge on any atom is 0.266 e. The molecule has 1 aromatic heterocycles. The van der Waals surface area contributed by atoms with Crippen LogP contribution in [0.15, 0.2) is 29.8 Å². The predicted octanol–water partition coefficient (Wildman–Crippen LogP) is 4.31. The lowest BCUT2D eigenvalue weighted by Gasteiger charge is -2.18. The number of thiophene rings is 1. The van der Waals surface area contributed by atoms with Gasteiger partial charge in [-0.15, -0.1) is 11.3 Å². The molecule has 1 heterocycles. The number of para-hydroxylation sites is 1. The molecule has 1 unspecified atom stereocenters. The summed E-state index contributed by atoms with van der Waals surface area (Å²) in [6.07, 6.45) is 4.96. The largest absolute Gasteiger partial charge is 0.493 e. The average molecular weight is 424 g/mol. The van der Waals surface area contributed by atoms with E-state index in [1.54, 1.807) is 12.1 Å². The third-order valence-electron chi connectivity index (χ3n) is 5.03. The Morgan fingerprint density at radius 3 is 2.87 bits per heavy atom. The monoisotopic (exact) mass is 423 g/mol. The predicted molar refractivity (Wildman–Crippen MR) is 118 cm³/mol. The van der Waals surface area contributed by atoms with Gasteiger partial charge in [0, 0.05) is 10.4 Å². The standard InChI is InChI=1S/C23H25N3O3S/c1-3-10-29-18-7-5-4-6-15(18)12-16(13-24)22(28)26-23-20(21(25)27)17-9-8-14(2)11-19(17)30-23/h4-7,12,14H,3,8-11H2,1-2H3,(H2,25,27)(H,26,28)/b16-12+. The highest BCUT2D eigenvalue weighted by atomic mass is 32.1. The zero-order valence-corrected chi connectivity index (χ0v) is 18.0. The van der Waals surface area contributed by atoms with E-state index in [1.807, 2.05) is 25.1 Å². The first kappa shape index (κ1) is 21.6. The van der Waals surface area contributed by atoms with Crippen LogP contribution in [0.4, 0.5) is 5.00 Å². The number of primary amides is 1. The fraction of sp³-hybridized carbons (Fsp3) is 0.348. The van der Waals surface area contributed by atoms with E-state index in [9.17, 15) is 14.9 Å². The van der Waals surface area contributed by atoms with Gasteiger partial charge in [0.2, 0.25) is 0 Å². The first-order valence-electron chi connectivity index (χ1n) is 10.0. The third kappa shape index (κ3) is 4.71. The number of anilines is 1. The number of rotatable bonds is 7. The van der Waals surface area contributed by atoms with Gasteiger partial charge in [-0.2, -0.15) is 5.26 Å². The second kappa shape index (κ2) is 9.59. The Morgan fingerprint density at radius 1 is 1.40 bits per heavy atom. The summed E-state index contributed by atoms with van der Waals surface area (Å²) in [7, 11) is 0. The van der Waals surface area contributed by atoms with Crippen LogP contribution in [-0.2, 0) is 17.6 Å². The van der Waals surface area contributed by atoms with Crippen molar-refractivity contribution in [1.29, 1.82) is 5.26 Å². The van der Waals surface area contributed by atoms with Crippen LogP contribution < -0.4 is 15.8 Å². The molecule has 1 aliphatic rings. The summed E-state index contributed by atoms with van der Waals surface area (Å²) in [6, 6.07) is 9.20. The van der Waals surface area contributed by atoms with Crippen LogP contribution in [0.5, 0.6) is 5.75 Å². The number of nitriles is 1. The van der Waals surface area contributed by atoms with Crippen LogP contribution in [0.1, 0.15) is 53.1 Å². The number of amides is 2. The summed E-state index contributed by atoms with van der Waals surface area (Å²) in [4.78, 5) is 26.0. The molecule has 0 fully saturated rings. The Hall–Kier alpha value is -3.11. The van der Waals surface area contributed by atoms with E-state index in [0.29, 0.717) is 34.4 Å². The van der Waals surface area contributed by atoms with Crippen LogP contribution in [0, 0.1) is 17.2 Å². The average Bonchev–Trinajstić information content (AvgIpc) is 3.07. The normalized spacial score (nSPS) is 15.8. The van der Waals surface area contributed by atoms with Crippen molar-refractivity contribution in [2.75, 3.05) is 11.9 Å². The highest BCUT2D eigenvalue weighted by Gasteiger charge is 2.27. The molecule has 6 nitrogen and oxygen atoms in total. The topological polar surface area (TPSA) is 105 Å². The van der Waals surface area contributed by atoms with Crippen LogP contribution in [0.25, 0.3) is 6.08 Å². The minimum Gasteiger partial charge on any atom is -0.493 e. The molecule has 3 rings (SSSR count). The fourth-order valence-electron chi connectivity index (χ4n) is 3.52.